The first-order chi connectivity index (χ1) is 18.1. The Balaban J connectivity index is 1.42. The summed E-state index contributed by atoms with van der Waals surface area (Å²) in [5.41, 5.74) is 11.2. The highest BCUT2D eigenvalue weighted by molar-refractivity contribution is 6.03. The van der Waals surface area contributed by atoms with Crippen LogP contribution in [-0.4, -0.2) is 23.9 Å². The van der Waals surface area contributed by atoms with E-state index in [9.17, 15) is 0 Å². The van der Waals surface area contributed by atoms with Gasteiger partial charge in [-0.15, -0.1) is 0 Å². The lowest BCUT2D eigenvalue weighted by atomic mass is 9.81. The molecule has 2 aromatic rings. The van der Waals surface area contributed by atoms with E-state index in [-0.39, 0.29) is 10.8 Å². The number of hydrogen-bond acceptors (Lipinski definition) is 1. The van der Waals surface area contributed by atoms with Crippen molar-refractivity contribution in [2.24, 2.45) is 5.92 Å². The van der Waals surface area contributed by atoms with Crippen LogP contribution in [-0.2, 0) is 10.8 Å². The number of fused-ring (bicyclic) bond motifs is 2. The van der Waals surface area contributed by atoms with Crippen molar-refractivity contribution in [1.29, 1.82) is 0 Å². The van der Waals surface area contributed by atoms with Crippen LogP contribution in [0.1, 0.15) is 78.4 Å². The van der Waals surface area contributed by atoms with Crippen molar-refractivity contribution in [3.8, 4) is 0 Å². The predicted molar refractivity (Wildman–Crippen MR) is 164 cm³/mol. The monoisotopic (exact) mass is 505 g/mol. The SMILES string of the molecule is CC(C)CCN1/C(=C/C=C2C=C(/C=C/C3=[N+](C)c4ccccc4C3(C)C)CCC/2)C(C)(C)c2ccccc21. The van der Waals surface area contributed by atoms with Crippen molar-refractivity contribution < 1.29 is 4.58 Å². The van der Waals surface area contributed by atoms with Gasteiger partial charge in [0.05, 0.1) is 5.41 Å². The number of benzene rings is 2. The quantitative estimate of drug-likeness (QED) is 0.355. The fraction of sp³-hybridized carbons (Fsp3) is 0.417. The van der Waals surface area contributed by atoms with Gasteiger partial charge in [-0.25, -0.2) is 0 Å². The molecule has 0 fully saturated rings. The first-order valence-electron chi connectivity index (χ1n) is 14.5. The van der Waals surface area contributed by atoms with E-state index in [1.807, 2.05) is 0 Å². The zero-order valence-corrected chi connectivity index (χ0v) is 24.5. The van der Waals surface area contributed by atoms with Gasteiger partial charge in [0.25, 0.3) is 0 Å². The van der Waals surface area contributed by atoms with Gasteiger partial charge in [0, 0.05) is 41.1 Å². The summed E-state index contributed by atoms with van der Waals surface area (Å²) < 4.78 is 2.36. The molecule has 2 nitrogen and oxygen atoms in total. The van der Waals surface area contributed by atoms with Gasteiger partial charge >= 0.3 is 0 Å². The Hall–Kier alpha value is -3.13. The molecule has 1 aliphatic carbocycles. The fourth-order valence-electron chi connectivity index (χ4n) is 6.58. The summed E-state index contributed by atoms with van der Waals surface area (Å²) in [6, 6.07) is 17.8. The molecule has 198 valence electrons. The number of rotatable bonds is 6. The van der Waals surface area contributed by atoms with Crippen molar-refractivity contribution in [3.63, 3.8) is 0 Å². The summed E-state index contributed by atoms with van der Waals surface area (Å²) in [5, 5.41) is 0. The number of hydrogen-bond donors (Lipinski definition) is 0. The second kappa shape index (κ2) is 10.2. The average molecular weight is 506 g/mol. The molecule has 38 heavy (non-hydrogen) atoms. The van der Waals surface area contributed by atoms with E-state index >= 15 is 0 Å². The normalized spacial score (nSPS) is 22.1. The van der Waals surface area contributed by atoms with E-state index in [1.54, 1.807) is 0 Å². The highest BCUT2D eigenvalue weighted by Crippen LogP contribution is 2.48. The summed E-state index contributed by atoms with van der Waals surface area (Å²) in [7, 11) is 2.20. The first kappa shape index (κ1) is 26.5. The Kier molecular flexibility index (Phi) is 7.11. The van der Waals surface area contributed by atoms with E-state index in [0.29, 0.717) is 5.92 Å². The third kappa shape index (κ3) is 4.75. The molecule has 0 saturated carbocycles. The summed E-state index contributed by atoms with van der Waals surface area (Å²) in [6.45, 7) is 15.2. The van der Waals surface area contributed by atoms with Crippen LogP contribution in [0.15, 0.2) is 95.8 Å². The van der Waals surface area contributed by atoms with Gasteiger partial charge in [0.15, 0.2) is 5.71 Å². The van der Waals surface area contributed by atoms with Crippen LogP contribution in [0.25, 0.3) is 0 Å². The minimum atomic E-state index is 0.00995. The van der Waals surface area contributed by atoms with E-state index in [4.69, 9.17) is 0 Å². The van der Waals surface area contributed by atoms with Gasteiger partial charge in [-0.3, -0.25) is 0 Å². The van der Waals surface area contributed by atoms with E-state index in [1.165, 1.54) is 57.9 Å². The highest BCUT2D eigenvalue weighted by Gasteiger charge is 2.42. The number of allylic oxidation sites excluding steroid dienone is 8. The average Bonchev–Trinajstić information content (AvgIpc) is 3.23. The molecule has 0 amide bonds. The molecule has 0 spiro atoms. The van der Waals surface area contributed by atoms with Gasteiger partial charge in [0.1, 0.15) is 7.05 Å². The molecule has 0 aromatic heterocycles. The van der Waals surface area contributed by atoms with Crippen LogP contribution in [0.4, 0.5) is 11.4 Å². The van der Waals surface area contributed by atoms with Crippen LogP contribution in [0.2, 0.25) is 0 Å². The maximum atomic E-state index is 2.58. The lowest BCUT2D eigenvalue weighted by Crippen LogP contribution is -2.27. The Morgan fingerprint density at radius 3 is 2.32 bits per heavy atom. The Morgan fingerprint density at radius 2 is 1.58 bits per heavy atom. The highest BCUT2D eigenvalue weighted by atomic mass is 15.2. The first-order valence-corrected chi connectivity index (χ1v) is 14.5. The standard InChI is InChI=1S/C36H45N2/c1-26(2)23-24-38-32-18-11-9-16-30(32)36(5,6)34(38)22-20-28-14-12-13-27(25-28)19-21-33-35(3,4)29-15-8-10-17-31(29)37(33)7/h8-11,15-22,25-26H,12-14,23-24H2,1-7H3/q+1. The van der Waals surface area contributed by atoms with E-state index in [2.05, 4.69) is 137 Å². The summed E-state index contributed by atoms with van der Waals surface area (Å²) in [6.07, 6.45) is 16.7. The molecule has 0 atom stereocenters. The zero-order chi connectivity index (χ0) is 27.1. The lowest BCUT2D eigenvalue weighted by molar-refractivity contribution is -0.401. The maximum absolute atomic E-state index is 2.58. The van der Waals surface area contributed by atoms with Gasteiger partial charge in [-0.1, -0.05) is 82.3 Å². The van der Waals surface area contributed by atoms with Crippen molar-refractivity contribution >= 4 is 17.1 Å². The van der Waals surface area contributed by atoms with E-state index < -0.39 is 0 Å². The number of anilines is 1. The molecule has 2 aromatic carbocycles. The van der Waals surface area contributed by atoms with Gasteiger partial charge in [-0.05, 0) is 74.3 Å². The van der Waals surface area contributed by atoms with Gasteiger partial charge in [0.2, 0.25) is 5.69 Å². The molecule has 0 unspecified atom stereocenters. The summed E-state index contributed by atoms with van der Waals surface area (Å²) in [4.78, 5) is 2.58. The summed E-state index contributed by atoms with van der Waals surface area (Å²) in [5.74, 6) is 0.690. The van der Waals surface area contributed by atoms with Crippen LogP contribution in [0.3, 0.4) is 0 Å². The molecule has 0 radical (unpaired) electrons. The largest absolute Gasteiger partial charge is 0.344 e. The lowest BCUT2D eigenvalue weighted by Gasteiger charge is -2.27. The van der Waals surface area contributed by atoms with Crippen molar-refractivity contribution in [3.05, 3.63) is 107 Å². The second-order valence-electron chi connectivity index (χ2n) is 12.8. The minimum absolute atomic E-state index is 0.00995. The smallest absolute Gasteiger partial charge is 0.209 e. The number of nitrogens with zero attached hydrogens (tertiary/aromatic N) is 2. The minimum Gasteiger partial charge on any atom is -0.344 e. The number of para-hydroxylation sites is 2. The molecule has 3 aliphatic rings. The summed E-state index contributed by atoms with van der Waals surface area (Å²) >= 11 is 0. The predicted octanol–water partition coefficient (Wildman–Crippen LogP) is 9.01. The third-order valence-corrected chi connectivity index (χ3v) is 8.88. The molecule has 2 heterocycles. The van der Waals surface area contributed by atoms with Crippen molar-refractivity contribution in [2.75, 3.05) is 18.5 Å². The molecule has 5 rings (SSSR count). The van der Waals surface area contributed by atoms with Crippen molar-refractivity contribution in [2.45, 2.75) is 78.1 Å². The van der Waals surface area contributed by atoms with Crippen LogP contribution < -0.4 is 4.90 Å². The van der Waals surface area contributed by atoms with Crippen LogP contribution in [0.5, 0.6) is 0 Å². The van der Waals surface area contributed by atoms with Crippen LogP contribution in [0, 0.1) is 5.92 Å². The molecular weight excluding hydrogens is 460 g/mol. The zero-order valence-electron chi connectivity index (χ0n) is 24.5. The Labute approximate surface area is 230 Å². The Bertz CT molecular complexity index is 1370. The topological polar surface area (TPSA) is 6.25 Å². The fourth-order valence-corrected chi connectivity index (χ4v) is 6.58. The molecule has 2 aliphatic heterocycles. The maximum Gasteiger partial charge on any atom is 0.209 e. The molecule has 0 saturated heterocycles. The van der Waals surface area contributed by atoms with E-state index in [0.717, 1.165) is 19.4 Å². The third-order valence-electron chi connectivity index (χ3n) is 8.88. The van der Waals surface area contributed by atoms with Crippen LogP contribution >= 0.6 is 0 Å². The van der Waals surface area contributed by atoms with Gasteiger partial charge < -0.3 is 4.90 Å². The molecule has 2 heteroatoms. The Morgan fingerprint density at radius 1 is 0.868 bits per heavy atom. The molecule has 0 bridgehead atoms. The molecular formula is C36H45N2+. The van der Waals surface area contributed by atoms with Crippen molar-refractivity contribution in [1.82, 2.24) is 0 Å². The van der Waals surface area contributed by atoms with Gasteiger partial charge in [-0.2, -0.15) is 4.58 Å². The second-order valence-corrected chi connectivity index (χ2v) is 12.8. The molecule has 0 N–H and O–H groups in total.